The van der Waals surface area contributed by atoms with Crippen molar-refractivity contribution in [3.63, 3.8) is 0 Å². The third kappa shape index (κ3) is 2.28. The van der Waals surface area contributed by atoms with Gasteiger partial charge in [0.15, 0.2) is 0 Å². The zero-order chi connectivity index (χ0) is 15.4. The summed E-state index contributed by atoms with van der Waals surface area (Å²) in [6.07, 6.45) is 1.62. The fourth-order valence-corrected chi connectivity index (χ4v) is 3.28. The summed E-state index contributed by atoms with van der Waals surface area (Å²) < 4.78 is 27.8. The third-order valence-corrected chi connectivity index (χ3v) is 4.68. The van der Waals surface area contributed by atoms with E-state index in [4.69, 9.17) is 0 Å². The highest BCUT2D eigenvalue weighted by Gasteiger charge is 2.49. The number of anilines is 1. The highest BCUT2D eigenvalue weighted by Crippen LogP contribution is 2.52. The van der Waals surface area contributed by atoms with Gasteiger partial charge in [0.1, 0.15) is 5.82 Å². The predicted octanol–water partition coefficient (Wildman–Crippen LogP) is 3.31. The van der Waals surface area contributed by atoms with E-state index < -0.39 is 12.0 Å². The molecule has 0 radical (unpaired) electrons. The molecule has 21 heavy (non-hydrogen) atoms. The van der Waals surface area contributed by atoms with Gasteiger partial charge in [0.25, 0.3) is 0 Å². The molecule has 0 spiro atoms. The summed E-state index contributed by atoms with van der Waals surface area (Å²) in [6, 6.07) is 0. The summed E-state index contributed by atoms with van der Waals surface area (Å²) in [6.45, 7) is 0. The number of aryl methyl sites for hydroxylation is 1. The number of carboxylic acid groups (broad SMARTS) is 1. The Morgan fingerprint density at radius 3 is 2.43 bits per heavy atom. The van der Waals surface area contributed by atoms with Crippen LogP contribution in [0, 0.1) is 0 Å². The van der Waals surface area contributed by atoms with Crippen molar-refractivity contribution in [1.29, 1.82) is 0 Å². The molecular weight excluding hydrogens is 280 g/mol. The van der Waals surface area contributed by atoms with Gasteiger partial charge in [-0.15, -0.1) is 0 Å². The highest BCUT2D eigenvalue weighted by molar-refractivity contribution is 5.85. The van der Waals surface area contributed by atoms with Gasteiger partial charge in [-0.1, -0.05) is 6.42 Å². The van der Waals surface area contributed by atoms with Crippen molar-refractivity contribution in [3.8, 4) is 0 Å². The number of aromatic nitrogens is 2. The van der Waals surface area contributed by atoms with Gasteiger partial charge in [-0.05, 0) is 18.8 Å². The smallest absolute Gasteiger partial charge is 0.412 e. The van der Waals surface area contributed by atoms with Crippen molar-refractivity contribution in [2.24, 2.45) is 7.05 Å². The topological polar surface area (TPSA) is 58.4 Å². The molecule has 1 amide bonds. The fraction of sp³-hybridized carbons (Fsp3) is 0.714. The molecule has 2 aliphatic carbocycles. The Balaban J connectivity index is 2.00. The number of nitrogens with zero attached hydrogens (tertiary/aromatic N) is 3. The molecule has 3 rings (SSSR count). The van der Waals surface area contributed by atoms with Crippen LogP contribution in [0.3, 0.4) is 0 Å². The molecule has 0 aliphatic heterocycles. The van der Waals surface area contributed by atoms with Gasteiger partial charge in [0.05, 0.1) is 5.69 Å². The fourth-order valence-electron chi connectivity index (χ4n) is 3.28. The van der Waals surface area contributed by atoms with Crippen LogP contribution < -0.4 is 4.90 Å². The molecule has 1 N–H and O–H groups in total. The number of rotatable bonds is 3. The summed E-state index contributed by atoms with van der Waals surface area (Å²) in [5, 5.41) is 13.6. The Bertz CT molecular complexity index is 573. The van der Waals surface area contributed by atoms with Crippen LogP contribution in [0.2, 0.25) is 0 Å². The molecule has 2 aliphatic rings. The lowest BCUT2D eigenvalue weighted by Crippen LogP contribution is -2.35. The monoisotopic (exact) mass is 299 g/mol. The van der Waals surface area contributed by atoms with Crippen molar-refractivity contribution in [2.45, 2.75) is 49.9 Å². The van der Waals surface area contributed by atoms with Crippen molar-refractivity contribution in [1.82, 2.24) is 9.78 Å². The van der Waals surface area contributed by atoms with Crippen LogP contribution in [0.15, 0.2) is 0 Å². The lowest BCUT2D eigenvalue weighted by Gasteiger charge is -2.36. The SMILES string of the molecule is CN(C(=O)O)c1c(C2CCC2)c(C2CC(F)(F)C2)nn1C. The molecule has 0 bridgehead atoms. The van der Waals surface area contributed by atoms with E-state index in [1.165, 1.54) is 11.7 Å². The van der Waals surface area contributed by atoms with Crippen molar-refractivity contribution in [2.75, 3.05) is 11.9 Å². The molecule has 0 atom stereocenters. The summed E-state index contributed by atoms with van der Waals surface area (Å²) in [4.78, 5) is 12.4. The highest BCUT2D eigenvalue weighted by atomic mass is 19.3. The number of hydrogen-bond acceptors (Lipinski definition) is 2. The van der Waals surface area contributed by atoms with Gasteiger partial charge in [-0.3, -0.25) is 9.58 Å². The second-order valence-corrected chi connectivity index (χ2v) is 6.18. The first kappa shape index (κ1) is 14.3. The van der Waals surface area contributed by atoms with Crippen molar-refractivity contribution < 1.29 is 18.7 Å². The van der Waals surface area contributed by atoms with E-state index in [-0.39, 0.29) is 24.7 Å². The van der Waals surface area contributed by atoms with Gasteiger partial charge in [0.2, 0.25) is 5.92 Å². The molecule has 5 nitrogen and oxygen atoms in total. The van der Waals surface area contributed by atoms with Gasteiger partial charge in [0, 0.05) is 38.4 Å². The quantitative estimate of drug-likeness (QED) is 0.931. The standard InChI is InChI=1S/C14H19F2N3O2/c1-18(13(20)21)12-10(8-4-3-5-8)11(17-19(12)2)9-6-14(15,16)7-9/h8-9H,3-7H2,1-2H3,(H,20,21). The Morgan fingerprint density at radius 2 is 2.00 bits per heavy atom. The Morgan fingerprint density at radius 1 is 1.38 bits per heavy atom. The second kappa shape index (κ2) is 4.68. The summed E-state index contributed by atoms with van der Waals surface area (Å²) in [5.74, 6) is -2.08. The average Bonchev–Trinajstić information content (AvgIpc) is 2.60. The molecule has 116 valence electrons. The molecule has 1 aromatic heterocycles. The van der Waals surface area contributed by atoms with E-state index in [0.29, 0.717) is 11.5 Å². The van der Waals surface area contributed by atoms with Crippen LogP contribution in [-0.4, -0.2) is 34.0 Å². The zero-order valence-corrected chi connectivity index (χ0v) is 12.1. The molecule has 0 saturated heterocycles. The van der Waals surface area contributed by atoms with Crippen LogP contribution in [-0.2, 0) is 7.05 Å². The van der Waals surface area contributed by atoms with Crippen LogP contribution in [0.1, 0.15) is 55.2 Å². The van der Waals surface area contributed by atoms with E-state index in [9.17, 15) is 18.7 Å². The van der Waals surface area contributed by atoms with E-state index >= 15 is 0 Å². The van der Waals surface area contributed by atoms with Gasteiger partial charge in [-0.2, -0.15) is 5.10 Å². The maximum absolute atomic E-state index is 13.2. The van der Waals surface area contributed by atoms with Crippen molar-refractivity contribution >= 4 is 11.9 Å². The van der Waals surface area contributed by atoms with E-state index in [1.54, 1.807) is 7.05 Å². The molecule has 0 unspecified atom stereocenters. The molecule has 1 heterocycles. The molecule has 0 aromatic carbocycles. The van der Waals surface area contributed by atoms with Crippen molar-refractivity contribution in [3.05, 3.63) is 11.3 Å². The van der Waals surface area contributed by atoms with Crippen LogP contribution in [0.25, 0.3) is 0 Å². The Labute approximate surface area is 121 Å². The zero-order valence-electron chi connectivity index (χ0n) is 12.1. The third-order valence-electron chi connectivity index (χ3n) is 4.68. The lowest BCUT2D eigenvalue weighted by atomic mass is 9.73. The van der Waals surface area contributed by atoms with Crippen LogP contribution >= 0.6 is 0 Å². The van der Waals surface area contributed by atoms with Gasteiger partial charge < -0.3 is 5.11 Å². The molecule has 2 saturated carbocycles. The van der Waals surface area contributed by atoms with Gasteiger partial charge >= 0.3 is 6.09 Å². The lowest BCUT2D eigenvalue weighted by molar-refractivity contribution is -0.0879. The van der Waals surface area contributed by atoms with E-state index in [1.807, 2.05) is 0 Å². The Kier molecular flexibility index (Phi) is 3.18. The first-order valence-corrected chi connectivity index (χ1v) is 7.21. The molecular formula is C14H19F2N3O2. The number of alkyl halides is 2. The molecule has 1 aromatic rings. The minimum absolute atomic E-state index is 0.181. The summed E-state index contributed by atoms with van der Waals surface area (Å²) in [7, 11) is 3.15. The molecule has 2 fully saturated rings. The summed E-state index contributed by atoms with van der Waals surface area (Å²) in [5.41, 5.74) is 1.55. The maximum Gasteiger partial charge on any atom is 0.412 e. The maximum atomic E-state index is 13.2. The van der Waals surface area contributed by atoms with Crippen LogP contribution in [0.4, 0.5) is 19.4 Å². The number of hydrogen-bond donors (Lipinski definition) is 1. The predicted molar refractivity (Wildman–Crippen MR) is 73.1 cm³/mol. The average molecular weight is 299 g/mol. The summed E-state index contributed by atoms with van der Waals surface area (Å²) >= 11 is 0. The number of carbonyl (C=O) groups is 1. The number of amides is 1. The van der Waals surface area contributed by atoms with Crippen LogP contribution in [0.5, 0.6) is 0 Å². The Hall–Kier alpha value is -1.66. The first-order chi connectivity index (χ1) is 9.80. The minimum Gasteiger partial charge on any atom is -0.465 e. The number of halogens is 2. The minimum atomic E-state index is -2.60. The van der Waals surface area contributed by atoms with Gasteiger partial charge in [-0.25, -0.2) is 13.6 Å². The largest absolute Gasteiger partial charge is 0.465 e. The van der Waals surface area contributed by atoms with E-state index in [0.717, 1.165) is 29.7 Å². The van der Waals surface area contributed by atoms with E-state index in [2.05, 4.69) is 5.10 Å². The molecule has 7 heteroatoms. The second-order valence-electron chi connectivity index (χ2n) is 6.18. The normalized spacial score (nSPS) is 21.7. The first-order valence-electron chi connectivity index (χ1n) is 7.21.